The monoisotopic (exact) mass is 338 g/mol. The lowest BCUT2D eigenvalue weighted by Crippen LogP contribution is -2.41. The highest BCUT2D eigenvalue weighted by atomic mass is 16.3. The molecule has 0 radical (unpaired) electrons. The number of aliphatic hydroxyl groups is 2. The molecule has 0 aromatic heterocycles. The van der Waals surface area contributed by atoms with Gasteiger partial charge in [0.1, 0.15) is 11.2 Å². The lowest BCUT2D eigenvalue weighted by Gasteiger charge is -2.37. The van der Waals surface area contributed by atoms with E-state index in [0.29, 0.717) is 17.5 Å². The third-order valence-corrected chi connectivity index (χ3v) is 5.12. The van der Waals surface area contributed by atoms with Gasteiger partial charge in [-0.15, -0.1) is 0 Å². The number of nitrogens with one attached hydrogen (secondary N) is 2. The largest absolute Gasteiger partial charge is 0.379 e. The summed E-state index contributed by atoms with van der Waals surface area (Å²) < 4.78 is 0. The van der Waals surface area contributed by atoms with Crippen LogP contribution in [-0.2, 0) is 11.2 Å². The lowest BCUT2D eigenvalue weighted by molar-refractivity contribution is 0.00552. The van der Waals surface area contributed by atoms with E-state index in [1.165, 1.54) is 0 Å². The lowest BCUT2D eigenvalue weighted by atomic mass is 9.73. The van der Waals surface area contributed by atoms with Crippen LogP contribution >= 0.6 is 0 Å². The molecule has 2 aromatic carbocycles. The maximum absolute atomic E-state index is 11.0. The zero-order chi connectivity index (χ0) is 18.5. The minimum absolute atomic E-state index is 0.308. The van der Waals surface area contributed by atoms with Gasteiger partial charge in [0.25, 0.3) is 0 Å². The molecule has 4 unspecified atom stereocenters. The van der Waals surface area contributed by atoms with Gasteiger partial charge in [0.05, 0.1) is 0 Å². The molecule has 0 amide bonds. The Balaban J connectivity index is 2.27. The first-order chi connectivity index (χ1) is 11.9. The highest BCUT2D eigenvalue weighted by molar-refractivity contribution is 5.70. The first-order valence-corrected chi connectivity index (χ1v) is 8.47. The summed E-state index contributed by atoms with van der Waals surface area (Å²) in [6, 6.07) is 18.2. The summed E-state index contributed by atoms with van der Waals surface area (Å²) in [6.07, 6.45) is 2.57. The maximum atomic E-state index is 11.0. The van der Waals surface area contributed by atoms with Crippen molar-refractivity contribution in [3.05, 3.63) is 71.8 Å². The minimum Gasteiger partial charge on any atom is -0.379 e. The second-order valence-corrected chi connectivity index (χ2v) is 6.71. The topological polar surface area (TPSA) is 88.2 Å². The molecule has 4 atom stereocenters. The standard InChI is InChI=1S/C21H26N2O2/c1-16(20(24,14-22)18-9-5-3-6-10-18)13-17(2)21(25,15-23)19-11-7-4-8-12-19/h3-12,14-17,22-25H,13H2,1-2H3. The van der Waals surface area contributed by atoms with E-state index in [4.69, 9.17) is 10.8 Å². The molecule has 4 heteroatoms. The fraction of sp³-hybridized carbons (Fsp3) is 0.333. The molecule has 0 fully saturated rings. The van der Waals surface area contributed by atoms with Crippen LogP contribution in [0.3, 0.4) is 0 Å². The molecule has 4 N–H and O–H groups in total. The van der Waals surface area contributed by atoms with Crippen LogP contribution in [0.1, 0.15) is 31.4 Å². The molecule has 0 aliphatic rings. The first kappa shape index (κ1) is 19.0. The highest BCUT2D eigenvalue weighted by Gasteiger charge is 2.40. The van der Waals surface area contributed by atoms with Crippen LogP contribution < -0.4 is 0 Å². The van der Waals surface area contributed by atoms with Crippen LogP contribution in [0.5, 0.6) is 0 Å². The fourth-order valence-electron chi connectivity index (χ4n) is 3.32. The third kappa shape index (κ3) is 3.70. The molecule has 0 bridgehead atoms. The van der Waals surface area contributed by atoms with Gasteiger partial charge in [-0.05, 0) is 29.4 Å². The van der Waals surface area contributed by atoms with Crippen molar-refractivity contribution in [1.29, 1.82) is 10.8 Å². The molecule has 0 saturated heterocycles. The second-order valence-electron chi connectivity index (χ2n) is 6.71. The molecule has 0 spiro atoms. The van der Waals surface area contributed by atoms with Gasteiger partial charge in [-0.25, -0.2) is 0 Å². The number of hydrogen-bond acceptors (Lipinski definition) is 4. The molecule has 2 rings (SSSR count). The van der Waals surface area contributed by atoms with Gasteiger partial charge in [0.2, 0.25) is 0 Å². The highest BCUT2D eigenvalue weighted by Crippen LogP contribution is 2.38. The summed E-state index contributed by atoms with van der Waals surface area (Å²) in [5.74, 6) is -0.616. The van der Waals surface area contributed by atoms with Gasteiger partial charge < -0.3 is 21.0 Å². The molecule has 132 valence electrons. The Kier molecular flexibility index (Phi) is 5.88. The average molecular weight is 338 g/mol. The SMILES string of the molecule is CC(CC(C)C(O)(C=N)c1ccccc1)C(O)(C=N)c1ccccc1. The van der Waals surface area contributed by atoms with E-state index in [-0.39, 0.29) is 11.8 Å². The molecule has 0 saturated carbocycles. The van der Waals surface area contributed by atoms with Gasteiger partial charge in [-0.3, -0.25) is 0 Å². The predicted octanol–water partition coefficient (Wildman–Crippen LogP) is 3.72. The van der Waals surface area contributed by atoms with Crippen LogP contribution in [0.15, 0.2) is 60.7 Å². The molecular formula is C21H26N2O2. The van der Waals surface area contributed by atoms with Crippen LogP contribution in [0, 0.1) is 22.7 Å². The number of benzene rings is 2. The Hall–Kier alpha value is -2.30. The van der Waals surface area contributed by atoms with Gasteiger partial charge >= 0.3 is 0 Å². The van der Waals surface area contributed by atoms with E-state index in [0.717, 1.165) is 12.4 Å². The van der Waals surface area contributed by atoms with E-state index in [9.17, 15) is 10.2 Å². The summed E-state index contributed by atoms with van der Waals surface area (Å²) in [5.41, 5.74) is -1.50. The summed E-state index contributed by atoms with van der Waals surface area (Å²) >= 11 is 0. The fourth-order valence-corrected chi connectivity index (χ4v) is 3.32. The Morgan fingerprint density at radius 1 is 0.760 bits per heavy atom. The second kappa shape index (κ2) is 7.72. The van der Waals surface area contributed by atoms with E-state index in [2.05, 4.69) is 0 Å². The summed E-state index contributed by atoms with van der Waals surface area (Å²) in [6.45, 7) is 3.73. The van der Waals surface area contributed by atoms with E-state index in [1.807, 2.05) is 50.2 Å². The van der Waals surface area contributed by atoms with E-state index < -0.39 is 11.2 Å². The summed E-state index contributed by atoms with van der Waals surface area (Å²) in [5, 5.41) is 37.6. The first-order valence-electron chi connectivity index (χ1n) is 8.47. The van der Waals surface area contributed by atoms with Crippen molar-refractivity contribution in [1.82, 2.24) is 0 Å². The Morgan fingerprint density at radius 3 is 1.36 bits per heavy atom. The van der Waals surface area contributed by atoms with Crippen molar-refractivity contribution in [3.8, 4) is 0 Å². The van der Waals surface area contributed by atoms with Gasteiger partial charge in [-0.1, -0.05) is 74.5 Å². The van der Waals surface area contributed by atoms with E-state index >= 15 is 0 Å². The van der Waals surface area contributed by atoms with Crippen molar-refractivity contribution in [2.24, 2.45) is 11.8 Å². The Bertz CT molecular complexity index is 643. The van der Waals surface area contributed by atoms with Crippen molar-refractivity contribution in [2.75, 3.05) is 0 Å². The molecule has 4 nitrogen and oxygen atoms in total. The molecular weight excluding hydrogens is 312 g/mol. The maximum Gasteiger partial charge on any atom is 0.126 e. The predicted molar refractivity (Wildman–Crippen MR) is 101 cm³/mol. The quantitative estimate of drug-likeness (QED) is 0.553. The van der Waals surface area contributed by atoms with Crippen molar-refractivity contribution >= 4 is 12.4 Å². The van der Waals surface area contributed by atoms with Gasteiger partial charge in [-0.2, -0.15) is 0 Å². The van der Waals surface area contributed by atoms with E-state index in [1.54, 1.807) is 24.3 Å². The average Bonchev–Trinajstić information content (AvgIpc) is 2.67. The summed E-state index contributed by atoms with van der Waals surface area (Å²) in [7, 11) is 0. The van der Waals surface area contributed by atoms with Crippen LogP contribution in [-0.4, -0.2) is 22.6 Å². The van der Waals surface area contributed by atoms with Crippen molar-refractivity contribution in [2.45, 2.75) is 31.5 Å². The van der Waals surface area contributed by atoms with Crippen molar-refractivity contribution in [3.63, 3.8) is 0 Å². The van der Waals surface area contributed by atoms with Crippen LogP contribution in [0.2, 0.25) is 0 Å². The van der Waals surface area contributed by atoms with Crippen LogP contribution in [0.25, 0.3) is 0 Å². The van der Waals surface area contributed by atoms with Crippen LogP contribution in [0.4, 0.5) is 0 Å². The molecule has 0 aliphatic carbocycles. The zero-order valence-electron chi connectivity index (χ0n) is 14.7. The normalized spacial score (nSPS) is 18.4. The Labute approximate surface area is 149 Å². The molecule has 0 heterocycles. The van der Waals surface area contributed by atoms with Gasteiger partial charge in [0.15, 0.2) is 0 Å². The summed E-state index contributed by atoms with van der Waals surface area (Å²) in [4.78, 5) is 0. The smallest absolute Gasteiger partial charge is 0.126 e. The molecule has 25 heavy (non-hydrogen) atoms. The zero-order valence-corrected chi connectivity index (χ0v) is 14.7. The third-order valence-electron chi connectivity index (χ3n) is 5.12. The molecule has 2 aromatic rings. The van der Waals surface area contributed by atoms with Crippen molar-refractivity contribution < 1.29 is 10.2 Å². The number of rotatable bonds is 8. The minimum atomic E-state index is -1.41. The molecule has 0 aliphatic heterocycles. The Morgan fingerprint density at radius 2 is 1.08 bits per heavy atom. The van der Waals surface area contributed by atoms with Gasteiger partial charge in [0, 0.05) is 12.4 Å². The number of hydrogen-bond donors (Lipinski definition) is 4.